The third-order valence-electron chi connectivity index (χ3n) is 3.63. The lowest BCUT2D eigenvalue weighted by atomic mass is 10.2. The van der Waals surface area contributed by atoms with Gasteiger partial charge in [0.05, 0.1) is 10.5 Å². The molecule has 3 aromatic rings. The van der Waals surface area contributed by atoms with Crippen LogP contribution in [0.2, 0.25) is 5.02 Å². The van der Waals surface area contributed by atoms with E-state index in [2.05, 4.69) is 4.98 Å². The Balaban J connectivity index is 1.73. The first-order chi connectivity index (χ1) is 12.5. The van der Waals surface area contributed by atoms with Crippen LogP contribution in [0.4, 0.5) is 5.69 Å². The lowest BCUT2D eigenvalue weighted by Gasteiger charge is -2.04. The molecule has 0 fully saturated rings. The van der Waals surface area contributed by atoms with E-state index in [9.17, 15) is 14.9 Å². The highest BCUT2D eigenvalue weighted by atomic mass is 35.5. The number of aryl methyl sites for hydroxylation is 1. The molecule has 7 nitrogen and oxygen atoms in total. The van der Waals surface area contributed by atoms with E-state index < -0.39 is 10.9 Å². The summed E-state index contributed by atoms with van der Waals surface area (Å²) in [6.07, 6.45) is 0. The van der Waals surface area contributed by atoms with Gasteiger partial charge in [0.15, 0.2) is 0 Å². The van der Waals surface area contributed by atoms with Gasteiger partial charge >= 0.3 is 5.97 Å². The van der Waals surface area contributed by atoms with Crippen LogP contribution in [0.1, 0.15) is 21.8 Å². The van der Waals surface area contributed by atoms with Crippen molar-refractivity contribution in [3.63, 3.8) is 0 Å². The number of aromatic nitrogens is 1. The lowest BCUT2D eigenvalue weighted by molar-refractivity contribution is -0.384. The Bertz CT molecular complexity index is 969. The summed E-state index contributed by atoms with van der Waals surface area (Å²) in [4.78, 5) is 26.7. The highest BCUT2D eigenvalue weighted by molar-refractivity contribution is 6.32. The second kappa shape index (κ2) is 7.37. The Morgan fingerprint density at radius 3 is 2.69 bits per heavy atom. The first-order valence-electron chi connectivity index (χ1n) is 7.58. The first-order valence-corrected chi connectivity index (χ1v) is 7.96. The van der Waals surface area contributed by atoms with Gasteiger partial charge in [0.25, 0.3) is 5.69 Å². The second-order valence-electron chi connectivity index (χ2n) is 5.39. The fourth-order valence-corrected chi connectivity index (χ4v) is 2.45. The standard InChI is InChI=1S/C18H13ClN2O5/c1-11-15(20-17(26-11)12-5-3-2-4-6-12)10-25-18(22)13-7-8-14(19)16(9-13)21(23)24/h2-9H,10H2,1H3. The molecule has 0 radical (unpaired) electrons. The van der Waals surface area contributed by atoms with E-state index in [-0.39, 0.29) is 22.9 Å². The molecule has 0 aliphatic rings. The predicted molar refractivity (Wildman–Crippen MR) is 93.9 cm³/mol. The number of oxazole rings is 1. The van der Waals surface area contributed by atoms with Gasteiger partial charge in [-0.25, -0.2) is 9.78 Å². The topological polar surface area (TPSA) is 95.5 Å². The van der Waals surface area contributed by atoms with Crippen molar-refractivity contribution in [3.05, 3.63) is 80.7 Å². The molecule has 2 aromatic carbocycles. The number of carbonyl (C=O) groups is 1. The summed E-state index contributed by atoms with van der Waals surface area (Å²) in [6, 6.07) is 13.0. The van der Waals surface area contributed by atoms with Gasteiger partial charge in [-0.05, 0) is 31.2 Å². The number of rotatable bonds is 5. The molecule has 1 heterocycles. The van der Waals surface area contributed by atoms with Gasteiger partial charge in [-0.3, -0.25) is 10.1 Å². The van der Waals surface area contributed by atoms with Crippen molar-refractivity contribution >= 4 is 23.3 Å². The first kappa shape index (κ1) is 17.6. The summed E-state index contributed by atoms with van der Waals surface area (Å²) in [5.41, 5.74) is 0.956. The van der Waals surface area contributed by atoms with Gasteiger partial charge < -0.3 is 9.15 Å². The normalized spacial score (nSPS) is 10.5. The van der Waals surface area contributed by atoms with Crippen molar-refractivity contribution < 1.29 is 18.9 Å². The Hall–Kier alpha value is -3.19. The van der Waals surface area contributed by atoms with Crippen molar-refractivity contribution in [2.24, 2.45) is 0 Å². The van der Waals surface area contributed by atoms with Crippen molar-refractivity contribution in [2.75, 3.05) is 0 Å². The molecule has 1 aromatic heterocycles. The van der Waals surface area contributed by atoms with Gasteiger partial charge in [-0.1, -0.05) is 29.8 Å². The molecule has 0 bridgehead atoms. The van der Waals surface area contributed by atoms with E-state index in [0.717, 1.165) is 11.6 Å². The van der Waals surface area contributed by atoms with E-state index in [4.69, 9.17) is 20.8 Å². The number of halogens is 1. The lowest BCUT2D eigenvalue weighted by Crippen LogP contribution is -2.06. The molecule has 0 saturated heterocycles. The number of nitrogens with zero attached hydrogens (tertiary/aromatic N) is 2. The van der Waals surface area contributed by atoms with Crippen LogP contribution in [-0.2, 0) is 11.3 Å². The van der Waals surface area contributed by atoms with E-state index >= 15 is 0 Å². The number of esters is 1. The van der Waals surface area contributed by atoms with Gasteiger partial charge in [0.1, 0.15) is 23.1 Å². The second-order valence-corrected chi connectivity index (χ2v) is 5.79. The van der Waals surface area contributed by atoms with E-state index in [0.29, 0.717) is 17.3 Å². The average Bonchev–Trinajstić information content (AvgIpc) is 3.01. The Kier molecular flexibility index (Phi) is 4.99. The van der Waals surface area contributed by atoms with E-state index in [1.807, 2.05) is 30.3 Å². The summed E-state index contributed by atoms with van der Waals surface area (Å²) in [5, 5.41) is 10.9. The zero-order chi connectivity index (χ0) is 18.7. The SMILES string of the molecule is Cc1oc(-c2ccccc2)nc1COC(=O)c1ccc(Cl)c([N+](=O)[O-])c1. The number of hydrogen-bond donors (Lipinski definition) is 0. The van der Waals surface area contributed by atoms with Gasteiger partial charge in [-0.2, -0.15) is 0 Å². The summed E-state index contributed by atoms with van der Waals surface area (Å²) in [7, 11) is 0. The molecule has 0 aliphatic carbocycles. The minimum Gasteiger partial charge on any atom is -0.455 e. The molecule has 8 heteroatoms. The Morgan fingerprint density at radius 1 is 1.27 bits per heavy atom. The maximum Gasteiger partial charge on any atom is 0.338 e. The highest BCUT2D eigenvalue weighted by Gasteiger charge is 2.18. The van der Waals surface area contributed by atoms with Crippen molar-refractivity contribution in [3.8, 4) is 11.5 Å². The monoisotopic (exact) mass is 372 g/mol. The van der Waals surface area contributed by atoms with Crippen LogP contribution in [0.25, 0.3) is 11.5 Å². The van der Waals surface area contributed by atoms with Crippen molar-refractivity contribution in [2.45, 2.75) is 13.5 Å². The quantitative estimate of drug-likeness (QED) is 0.370. The van der Waals surface area contributed by atoms with E-state index in [1.54, 1.807) is 6.92 Å². The number of hydrogen-bond acceptors (Lipinski definition) is 6. The molecular weight excluding hydrogens is 360 g/mol. The molecule has 0 atom stereocenters. The number of benzene rings is 2. The molecule has 0 unspecified atom stereocenters. The van der Waals surface area contributed by atoms with Crippen molar-refractivity contribution in [1.82, 2.24) is 4.98 Å². The van der Waals surface area contributed by atoms with E-state index in [1.165, 1.54) is 12.1 Å². The number of ether oxygens (including phenoxy) is 1. The fourth-order valence-electron chi connectivity index (χ4n) is 2.26. The summed E-state index contributed by atoms with van der Waals surface area (Å²) in [6.45, 7) is 1.60. The van der Waals surface area contributed by atoms with Crippen LogP contribution >= 0.6 is 11.6 Å². The van der Waals surface area contributed by atoms with Crippen LogP contribution in [0, 0.1) is 17.0 Å². The van der Waals surface area contributed by atoms with Gasteiger partial charge in [-0.15, -0.1) is 0 Å². The smallest absolute Gasteiger partial charge is 0.338 e. The molecule has 0 saturated carbocycles. The maximum absolute atomic E-state index is 12.1. The molecule has 0 N–H and O–H groups in total. The molecule has 132 valence electrons. The molecule has 3 rings (SSSR count). The largest absolute Gasteiger partial charge is 0.455 e. The molecule has 26 heavy (non-hydrogen) atoms. The number of nitro benzene ring substituents is 1. The predicted octanol–water partition coefficient (Wildman–Crippen LogP) is 4.57. The number of carbonyl (C=O) groups excluding carboxylic acids is 1. The van der Waals surface area contributed by atoms with Crippen LogP contribution in [0.15, 0.2) is 52.9 Å². The maximum atomic E-state index is 12.1. The third-order valence-corrected chi connectivity index (χ3v) is 3.95. The van der Waals surface area contributed by atoms with Crippen LogP contribution in [0.5, 0.6) is 0 Å². The van der Waals surface area contributed by atoms with Crippen LogP contribution in [0.3, 0.4) is 0 Å². The van der Waals surface area contributed by atoms with Crippen LogP contribution in [-0.4, -0.2) is 15.9 Å². The average molecular weight is 373 g/mol. The zero-order valence-electron chi connectivity index (χ0n) is 13.6. The highest BCUT2D eigenvalue weighted by Crippen LogP contribution is 2.26. The molecular formula is C18H13ClN2O5. The minimum atomic E-state index is -0.714. The molecule has 0 spiro atoms. The summed E-state index contributed by atoms with van der Waals surface area (Å²) >= 11 is 5.73. The fraction of sp³-hybridized carbons (Fsp3) is 0.111. The third kappa shape index (κ3) is 3.73. The zero-order valence-corrected chi connectivity index (χ0v) is 14.4. The van der Waals surface area contributed by atoms with Crippen LogP contribution < -0.4 is 0 Å². The van der Waals surface area contributed by atoms with Gasteiger partial charge in [0.2, 0.25) is 5.89 Å². The van der Waals surface area contributed by atoms with Crippen molar-refractivity contribution in [1.29, 1.82) is 0 Å². The Morgan fingerprint density at radius 2 is 2.00 bits per heavy atom. The Labute approximate surface area is 153 Å². The summed E-state index contributed by atoms with van der Waals surface area (Å²) in [5.74, 6) is 0.239. The number of nitro groups is 1. The molecule has 0 aliphatic heterocycles. The summed E-state index contributed by atoms with van der Waals surface area (Å²) < 4.78 is 10.8. The minimum absolute atomic E-state index is 0.0329. The van der Waals surface area contributed by atoms with Gasteiger partial charge in [0, 0.05) is 11.6 Å². The molecule has 0 amide bonds.